The minimum absolute atomic E-state index is 0.306. The van der Waals surface area contributed by atoms with E-state index in [1.807, 2.05) is 29.2 Å². The molecule has 0 spiro atoms. The number of nitrogens with zero attached hydrogens (tertiary/aromatic N) is 1. The summed E-state index contributed by atoms with van der Waals surface area (Å²) in [6, 6.07) is 7.71. The van der Waals surface area contributed by atoms with Crippen LogP contribution in [0.2, 0.25) is 0 Å². The number of halogens is 1. The van der Waals surface area contributed by atoms with Crippen LogP contribution in [0.4, 0.5) is 0 Å². The molecule has 0 radical (unpaired) electrons. The minimum atomic E-state index is -0.701. The van der Waals surface area contributed by atoms with E-state index in [-0.39, 0.29) is 6.04 Å². The van der Waals surface area contributed by atoms with Crippen molar-refractivity contribution >= 4 is 21.9 Å². The molecule has 0 amide bonds. The molecule has 0 aliphatic carbocycles. The fourth-order valence-electron chi connectivity index (χ4n) is 2.16. The van der Waals surface area contributed by atoms with Gasteiger partial charge in [0.05, 0.1) is 0 Å². The van der Waals surface area contributed by atoms with Crippen LogP contribution in [0.3, 0.4) is 0 Å². The SMILES string of the molecule is O=C(O)C1CCCN1Cc1cccc(Br)c1. The summed E-state index contributed by atoms with van der Waals surface area (Å²) in [5, 5.41) is 9.07. The molecular formula is C12H14BrNO2. The molecular weight excluding hydrogens is 270 g/mol. The predicted octanol–water partition coefficient (Wildman–Crippen LogP) is 2.50. The molecule has 16 heavy (non-hydrogen) atoms. The van der Waals surface area contributed by atoms with Crippen molar-refractivity contribution in [3.8, 4) is 0 Å². The number of benzene rings is 1. The second-order valence-electron chi connectivity index (χ2n) is 4.10. The normalized spacial score (nSPS) is 21.2. The van der Waals surface area contributed by atoms with Gasteiger partial charge in [-0.2, -0.15) is 0 Å². The Morgan fingerprint density at radius 3 is 3.06 bits per heavy atom. The molecule has 1 saturated heterocycles. The number of carboxylic acid groups (broad SMARTS) is 1. The van der Waals surface area contributed by atoms with Crippen molar-refractivity contribution in [2.24, 2.45) is 0 Å². The first kappa shape index (κ1) is 11.6. The second-order valence-corrected chi connectivity index (χ2v) is 5.01. The number of aliphatic carboxylic acids is 1. The number of hydrogen-bond acceptors (Lipinski definition) is 2. The van der Waals surface area contributed by atoms with E-state index in [2.05, 4.69) is 15.9 Å². The average Bonchev–Trinajstić information content (AvgIpc) is 2.66. The van der Waals surface area contributed by atoms with Crippen molar-refractivity contribution in [1.29, 1.82) is 0 Å². The van der Waals surface area contributed by atoms with Gasteiger partial charge in [0, 0.05) is 11.0 Å². The van der Waals surface area contributed by atoms with Gasteiger partial charge in [-0.1, -0.05) is 28.1 Å². The first-order valence-corrected chi connectivity index (χ1v) is 6.17. The first-order chi connectivity index (χ1) is 7.66. The fourth-order valence-corrected chi connectivity index (χ4v) is 2.61. The molecule has 0 aromatic heterocycles. The van der Waals surface area contributed by atoms with Crippen LogP contribution in [0.1, 0.15) is 18.4 Å². The molecule has 86 valence electrons. The molecule has 1 N–H and O–H groups in total. The van der Waals surface area contributed by atoms with Gasteiger partial charge in [0.2, 0.25) is 0 Å². The number of carbonyl (C=O) groups is 1. The molecule has 1 aromatic rings. The van der Waals surface area contributed by atoms with Crippen molar-refractivity contribution < 1.29 is 9.90 Å². The van der Waals surface area contributed by atoms with Gasteiger partial charge in [0.25, 0.3) is 0 Å². The monoisotopic (exact) mass is 283 g/mol. The van der Waals surface area contributed by atoms with Gasteiger partial charge in [-0.3, -0.25) is 9.69 Å². The third-order valence-electron chi connectivity index (χ3n) is 2.92. The van der Waals surface area contributed by atoms with Crippen molar-refractivity contribution in [1.82, 2.24) is 4.90 Å². The molecule has 1 heterocycles. The van der Waals surface area contributed by atoms with Crippen molar-refractivity contribution in [3.05, 3.63) is 34.3 Å². The molecule has 2 rings (SSSR count). The van der Waals surface area contributed by atoms with E-state index >= 15 is 0 Å². The molecule has 1 unspecified atom stereocenters. The maximum atomic E-state index is 11.0. The lowest BCUT2D eigenvalue weighted by Crippen LogP contribution is -2.35. The highest BCUT2D eigenvalue weighted by Crippen LogP contribution is 2.21. The molecule has 1 aliphatic rings. The maximum Gasteiger partial charge on any atom is 0.320 e. The molecule has 0 bridgehead atoms. The molecule has 3 nitrogen and oxygen atoms in total. The molecule has 1 aromatic carbocycles. The van der Waals surface area contributed by atoms with Gasteiger partial charge in [-0.25, -0.2) is 0 Å². The van der Waals surface area contributed by atoms with Crippen molar-refractivity contribution in [2.45, 2.75) is 25.4 Å². The van der Waals surface area contributed by atoms with Crippen molar-refractivity contribution in [2.75, 3.05) is 6.54 Å². The summed E-state index contributed by atoms with van der Waals surface area (Å²) < 4.78 is 1.04. The highest BCUT2D eigenvalue weighted by molar-refractivity contribution is 9.10. The van der Waals surface area contributed by atoms with E-state index in [4.69, 9.17) is 5.11 Å². The van der Waals surface area contributed by atoms with Crippen molar-refractivity contribution in [3.63, 3.8) is 0 Å². The summed E-state index contributed by atoms with van der Waals surface area (Å²) in [7, 11) is 0. The van der Waals surface area contributed by atoms with Gasteiger partial charge in [-0.15, -0.1) is 0 Å². The third kappa shape index (κ3) is 2.62. The summed E-state index contributed by atoms with van der Waals surface area (Å²) in [5.74, 6) is -0.701. The van der Waals surface area contributed by atoms with Crippen LogP contribution in [0.5, 0.6) is 0 Å². The van der Waals surface area contributed by atoms with Crippen LogP contribution >= 0.6 is 15.9 Å². The van der Waals surface area contributed by atoms with Crippen LogP contribution in [-0.4, -0.2) is 28.6 Å². The largest absolute Gasteiger partial charge is 0.480 e. The Morgan fingerprint density at radius 1 is 1.56 bits per heavy atom. The highest BCUT2D eigenvalue weighted by atomic mass is 79.9. The standard InChI is InChI=1S/C12H14BrNO2/c13-10-4-1-3-9(7-10)8-14-6-2-5-11(14)12(15)16/h1,3-4,7,11H,2,5-6,8H2,(H,15,16). The lowest BCUT2D eigenvalue weighted by molar-refractivity contribution is -0.142. The summed E-state index contributed by atoms with van der Waals surface area (Å²) >= 11 is 3.42. The van der Waals surface area contributed by atoms with Crippen LogP contribution in [-0.2, 0) is 11.3 Å². The Hall–Kier alpha value is -0.870. The van der Waals surface area contributed by atoms with E-state index in [1.165, 1.54) is 0 Å². The number of likely N-dealkylation sites (tertiary alicyclic amines) is 1. The van der Waals surface area contributed by atoms with E-state index in [1.54, 1.807) is 0 Å². The van der Waals surface area contributed by atoms with Gasteiger partial charge < -0.3 is 5.11 Å². The zero-order chi connectivity index (χ0) is 11.5. The first-order valence-electron chi connectivity index (χ1n) is 5.38. The Morgan fingerprint density at radius 2 is 2.38 bits per heavy atom. The average molecular weight is 284 g/mol. The zero-order valence-corrected chi connectivity index (χ0v) is 10.5. The highest BCUT2D eigenvalue weighted by Gasteiger charge is 2.30. The van der Waals surface area contributed by atoms with Crippen LogP contribution < -0.4 is 0 Å². The van der Waals surface area contributed by atoms with E-state index < -0.39 is 5.97 Å². The van der Waals surface area contributed by atoms with Gasteiger partial charge >= 0.3 is 5.97 Å². The molecule has 1 atom stereocenters. The Bertz CT molecular complexity index is 394. The summed E-state index contributed by atoms with van der Waals surface area (Å²) in [6.07, 6.45) is 1.74. The summed E-state index contributed by atoms with van der Waals surface area (Å²) in [4.78, 5) is 13.1. The topological polar surface area (TPSA) is 40.5 Å². The predicted molar refractivity (Wildman–Crippen MR) is 65.2 cm³/mol. The number of carboxylic acids is 1. The van der Waals surface area contributed by atoms with Gasteiger partial charge in [0.1, 0.15) is 6.04 Å². The third-order valence-corrected chi connectivity index (χ3v) is 3.42. The lowest BCUT2D eigenvalue weighted by atomic mass is 10.2. The van der Waals surface area contributed by atoms with Gasteiger partial charge in [0.15, 0.2) is 0 Å². The molecule has 0 saturated carbocycles. The minimum Gasteiger partial charge on any atom is -0.480 e. The molecule has 4 heteroatoms. The van der Waals surface area contributed by atoms with Gasteiger partial charge in [-0.05, 0) is 37.1 Å². The Kier molecular flexibility index (Phi) is 3.61. The van der Waals surface area contributed by atoms with E-state index in [0.29, 0.717) is 0 Å². The van der Waals surface area contributed by atoms with Crippen LogP contribution in [0.15, 0.2) is 28.7 Å². The number of rotatable bonds is 3. The zero-order valence-electron chi connectivity index (χ0n) is 8.90. The molecule has 1 fully saturated rings. The Labute approximate surface area is 103 Å². The second kappa shape index (κ2) is 4.97. The lowest BCUT2D eigenvalue weighted by Gasteiger charge is -2.20. The Balaban J connectivity index is 2.06. The summed E-state index contributed by atoms with van der Waals surface area (Å²) in [6.45, 7) is 1.60. The van der Waals surface area contributed by atoms with Crippen LogP contribution in [0, 0.1) is 0 Å². The summed E-state index contributed by atoms with van der Waals surface area (Å²) in [5.41, 5.74) is 1.16. The van der Waals surface area contributed by atoms with E-state index in [0.717, 1.165) is 36.0 Å². The van der Waals surface area contributed by atoms with Crippen LogP contribution in [0.25, 0.3) is 0 Å². The maximum absolute atomic E-state index is 11.0. The smallest absolute Gasteiger partial charge is 0.320 e. The van der Waals surface area contributed by atoms with E-state index in [9.17, 15) is 4.79 Å². The quantitative estimate of drug-likeness (QED) is 0.927. The fraction of sp³-hybridized carbons (Fsp3) is 0.417. The molecule has 1 aliphatic heterocycles. The number of hydrogen-bond donors (Lipinski definition) is 1.